The number of nitrogens with one attached hydrogen (secondary N) is 1. The highest BCUT2D eigenvalue weighted by Crippen LogP contribution is 2.63. The Bertz CT molecular complexity index is 1940. The van der Waals surface area contributed by atoms with E-state index in [0.717, 1.165) is 16.8 Å². The van der Waals surface area contributed by atoms with Crippen LogP contribution in [0.3, 0.4) is 0 Å². The van der Waals surface area contributed by atoms with Crippen molar-refractivity contribution >= 4 is 11.4 Å². The third kappa shape index (κ3) is 3.81. The third-order valence-electron chi connectivity index (χ3n) is 9.26. The Morgan fingerprint density at radius 2 is 0.977 bits per heavy atom. The van der Waals surface area contributed by atoms with Gasteiger partial charge in [-0.2, -0.15) is 0 Å². The van der Waals surface area contributed by atoms with Crippen LogP contribution in [0, 0.1) is 25.5 Å². The third-order valence-corrected chi connectivity index (χ3v) is 9.26. The first-order valence-corrected chi connectivity index (χ1v) is 14.7. The van der Waals surface area contributed by atoms with Crippen molar-refractivity contribution in [1.29, 1.82) is 0 Å². The average Bonchev–Trinajstić information content (AvgIpc) is 3.47. The predicted octanol–water partition coefficient (Wildman–Crippen LogP) is 10.3. The van der Waals surface area contributed by atoms with Crippen molar-refractivity contribution in [2.75, 3.05) is 5.32 Å². The first kappa shape index (κ1) is 25.7. The minimum atomic E-state index is -0.511. The first-order chi connectivity index (χ1) is 20.9. The second-order valence-corrected chi connectivity index (χ2v) is 11.8. The lowest BCUT2D eigenvalue weighted by Gasteiger charge is -2.31. The van der Waals surface area contributed by atoms with E-state index in [1.165, 1.54) is 44.5 Å². The highest BCUT2D eigenvalue weighted by atomic mass is 19.1. The molecule has 1 atom stereocenters. The van der Waals surface area contributed by atoms with Crippen LogP contribution in [0.5, 0.6) is 0 Å². The van der Waals surface area contributed by atoms with Gasteiger partial charge in [0.05, 0.1) is 5.41 Å². The van der Waals surface area contributed by atoms with Crippen LogP contribution in [0.4, 0.5) is 20.2 Å². The van der Waals surface area contributed by atoms with Crippen molar-refractivity contribution in [2.24, 2.45) is 0 Å². The molecule has 0 aliphatic heterocycles. The molecule has 0 aromatic heterocycles. The number of benzene rings is 6. The zero-order chi connectivity index (χ0) is 29.3. The van der Waals surface area contributed by atoms with Gasteiger partial charge in [-0.1, -0.05) is 91.0 Å². The predicted molar refractivity (Wildman–Crippen MR) is 171 cm³/mol. The summed E-state index contributed by atoms with van der Waals surface area (Å²) >= 11 is 0. The van der Waals surface area contributed by atoms with Crippen LogP contribution in [0.1, 0.15) is 44.5 Å². The quantitative estimate of drug-likeness (QED) is 0.225. The van der Waals surface area contributed by atoms with Crippen molar-refractivity contribution in [2.45, 2.75) is 25.7 Å². The monoisotopic (exact) mass is 561 g/mol. The molecule has 0 fully saturated rings. The molecule has 3 heteroatoms. The molecule has 1 spiro atoms. The van der Waals surface area contributed by atoms with Crippen LogP contribution < -0.4 is 5.32 Å². The van der Waals surface area contributed by atoms with Gasteiger partial charge in [0, 0.05) is 11.4 Å². The summed E-state index contributed by atoms with van der Waals surface area (Å²) in [5.41, 5.74) is 14.3. The molecule has 2 aliphatic rings. The summed E-state index contributed by atoms with van der Waals surface area (Å²) in [4.78, 5) is 0. The molecule has 1 nitrogen and oxygen atoms in total. The number of rotatable bonds is 4. The number of hydrogen-bond acceptors (Lipinski definition) is 1. The van der Waals surface area contributed by atoms with Gasteiger partial charge in [0.1, 0.15) is 11.6 Å². The minimum Gasteiger partial charge on any atom is -0.355 e. The molecular formula is C40H29F2N. The molecule has 2 aliphatic carbocycles. The zero-order valence-corrected chi connectivity index (χ0v) is 24.0. The van der Waals surface area contributed by atoms with Gasteiger partial charge in [0.2, 0.25) is 0 Å². The number of anilines is 2. The Morgan fingerprint density at radius 1 is 0.488 bits per heavy atom. The van der Waals surface area contributed by atoms with E-state index < -0.39 is 5.41 Å². The lowest BCUT2D eigenvalue weighted by Crippen LogP contribution is -2.26. The van der Waals surface area contributed by atoms with E-state index in [2.05, 4.69) is 90.2 Å². The molecular weight excluding hydrogens is 532 g/mol. The summed E-state index contributed by atoms with van der Waals surface area (Å²) in [7, 11) is 0. The largest absolute Gasteiger partial charge is 0.355 e. The summed E-state index contributed by atoms with van der Waals surface area (Å²) in [6, 6.07) is 41.4. The Labute approximate surface area is 250 Å². The fourth-order valence-corrected chi connectivity index (χ4v) is 7.19. The van der Waals surface area contributed by atoms with Crippen LogP contribution in [-0.2, 0) is 11.8 Å². The second-order valence-electron chi connectivity index (χ2n) is 11.8. The molecule has 208 valence electrons. The van der Waals surface area contributed by atoms with Gasteiger partial charge >= 0.3 is 0 Å². The second kappa shape index (κ2) is 9.50. The summed E-state index contributed by atoms with van der Waals surface area (Å²) in [5, 5.41) is 3.46. The highest BCUT2D eigenvalue weighted by molar-refractivity contribution is 5.95. The van der Waals surface area contributed by atoms with Crippen molar-refractivity contribution in [3.8, 4) is 22.3 Å². The molecule has 1 N–H and O–H groups in total. The van der Waals surface area contributed by atoms with Crippen LogP contribution in [0.15, 0.2) is 121 Å². The van der Waals surface area contributed by atoms with E-state index in [1.807, 2.05) is 18.2 Å². The van der Waals surface area contributed by atoms with E-state index in [-0.39, 0.29) is 11.6 Å². The zero-order valence-electron chi connectivity index (χ0n) is 24.0. The molecule has 6 aromatic carbocycles. The standard InChI is InChI=1S/C40H29F2N/c1-24-11-13-27(21-38(24)41)19-26-14-17-32-30-7-3-5-9-34(30)40(36(32)20-26)35-10-6-4-8-31(35)33-18-16-28(22-37(33)40)43-29-15-12-25(2)39(42)23-29/h3-18,20-23,43H,19H2,1-2H3. The van der Waals surface area contributed by atoms with Crippen molar-refractivity contribution in [1.82, 2.24) is 0 Å². The molecule has 43 heavy (non-hydrogen) atoms. The summed E-state index contributed by atoms with van der Waals surface area (Å²) in [6.45, 7) is 3.57. The van der Waals surface area contributed by atoms with Gasteiger partial charge < -0.3 is 5.32 Å². The van der Waals surface area contributed by atoms with Crippen LogP contribution in [-0.4, -0.2) is 0 Å². The van der Waals surface area contributed by atoms with E-state index in [9.17, 15) is 8.78 Å². The van der Waals surface area contributed by atoms with Crippen LogP contribution in [0.2, 0.25) is 0 Å². The topological polar surface area (TPSA) is 12.0 Å². The lowest BCUT2D eigenvalue weighted by atomic mass is 9.70. The molecule has 0 bridgehead atoms. The molecule has 8 rings (SSSR count). The van der Waals surface area contributed by atoms with Crippen molar-refractivity contribution in [3.05, 3.63) is 177 Å². The van der Waals surface area contributed by atoms with Gasteiger partial charge in [-0.25, -0.2) is 8.78 Å². The molecule has 0 radical (unpaired) electrons. The maximum atomic E-state index is 14.5. The van der Waals surface area contributed by atoms with E-state index in [1.54, 1.807) is 32.0 Å². The van der Waals surface area contributed by atoms with E-state index in [4.69, 9.17) is 0 Å². The van der Waals surface area contributed by atoms with Gasteiger partial charge in [-0.05, 0) is 117 Å². The Balaban J connectivity index is 1.34. The van der Waals surface area contributed by atoms with Crippen molar-refractivity contribution in [3.63, 3.8) is 0 Å². The van der Waals surface area contributed by atoms with Crippen molar-refractivity contribution < 1.29 is 8.78 Å². The van der Waals surface area contributed by atoms with Gasteiger partial charge in [-0.15, -0.1) is 0 Å². The molecule has 0 amide bonds. The Hall–Kier alpha value is -5.02. The van der Waals surface area contributed by atoms with Crippen LogP contribution >= 0.6 is 0 Å². The summed E-state index contributed by atoms with van der Waals surface area (Å²) < 4.78 is 28.9. The Morgan fingerprint density at radius 3 is 1.65 bits per heavy atom. The molecule has 0 saturated carbocycles. The normalized spacial score (nSPS) is 15.6. The number of hydrogen-bond donors (Lipinski definition) is 1. The average molecular weight is 562 g/mol. The maximum absolute atomic E-state index is 14.5. The highest BCUT2D eigenvalue weighted by Gasteiger charge is 2.51. The van der Waals surface area contributed by atoms with Gasteiger partial charge in [0.25, 0.3) is 0 Å². The maximum Gasteiger partial charge on any atom is 0.128 e. The number of halogens is 2. The van der Waals surface area contributed by atoms with E-state index >= 15 is 0 Å². The molecule has 0 saturated heterocycles. The summed E-state index contributed by atoms with van der Waals surface area (Å²) in [6.07, 6.45) is 0.645. The van der Waals surface area contributed by atoms with Gasteiger partial charge in [0.15, 0.2) is 0 Å². The summed E-state index contributed by atoms with van der Waals surface area (Å²) in [5.74, 6) is -0.399. The fourth-order valence-electron chi connectivity index (χ4n) is 7.19. The number of fused-ring (bicyclic) bond motifs is 10. The fraction of sp³-hybridized carbons (Fsp3) is 0.100. The molecule has 0 heterocycles. The molecule has 6 aromatic rings. The first-order valence-electron chi connectivity index (χ1n) is 14.7. The smallest absolute Gasteiger partial charge is 0.128 e. The Kier molecular flexibility index (Phi) is 5.67. The van der Waals surface area contributed by atoms with Crippen LogP contribution in [0.25, 0.3) is 22.3 Å². The minimum absolute atomic E-state index is 0.172. The lowest BCUT2D eigenvalue weighted by molar-refractivity contribution is 0.616. The number of aryl methyl sites for hydroxylation is 2. The SMILES string of the molecule is Cc1ccc(Cc2ccc3c(c2)C2(c4ccccc4-3)c3ccccc3-c3ccc(Nc4ccc(C)c(F)c4)cc32)cc1F. The van der Waals surface area contributed by atoms with E-state index in [0.29, 0.717) is 23.2 Å². The van der Waals surface area contributed by atoms with Gasteiger partial charge in [-0.3, -0.25) is 0 Å². The molecule has 1 unspecified atom stereocenters.